The van der Waals surface area contributed by atoms with E-state index in [0.717, 1.165) is 24.0 Å². The normalized spacial score (nSPS) is 14.4. The highest BCUT2D eigenvalue weighted by atomic mass is 32.1. The van der Waals surface area contributed by atoms with E-state index in [9.17, 15) is 4.79 Å². The molecule has 0 bridgehead atoms. The third kappa shape index (κ3) is 2.93. The zero-order chi connectivity index (χ0) is 13.8. The second-order valence-electron chi connectivity index (χ2n) is 5.28. The molecule has 1 amide bonds. The molecule has 1 aliphatic carbocycles. The molecule has 3 heteroatoms. The number of benzene rings is 1. The molecule has 1 aromatic carbocycles. The summed E-state index contributed by atoms with van der Waals surface area (Å²) in [6.45, 7) is 0.601. The maximum atomic E-state index is 12.4. The van der Waals surface area contributed by atoms with Gasteiger partial charge in [0, 0.05) is 16.8 Å². The van der Waals surface area contributed by atoms with Crippen molar-refractivity contribution in [2.45, 2.75) is 38.6 Å². The molecule has 1 N–H and O–H groups in total. The molecule has 0 fully saturated rings. The van der Waals surface area contributed by atoms with E-state index in [4.69, 9.17) is 0 Å². The van der Waals surface area contributed by atoms with Crippen molar-refractivity contribution in [1.82, 2.24) is 5.32 Å². The van der Waals surface area contributed by atoms with Crippen LogP contribution >= 0.6 is 11.3 Å². The van der Waals surface area contributed by atoms with Crippen molar-refractivity contribution in [3.8, 4) is 0 Å². The van der Waals surface area contributed by atoms with E-state index < -0.39 is 0 Å². The first-order valence-electron chi connectivity index (χ1n) is 7.26. The molecule has 2 aromatic rings. The van der Waals surface area contributed by atoms with Crippen molar-refractivity contribution >= 4 is 17.2 Å². The summed E-state index contributed by atoms with van der Waals surface area (Å²) in [7, 11) is 0. The van der Waals surface area contributed by atoms with E-state index in [1.165, 1.54) is 29.7 Å². The molecule has 104 valence electrons. The number of hydrogen-bond acceptors (Lipinski definition) is 2. The van der Waals surface area contributed by atoms with Crippen LogP contribution in [0.5, 0.6) is 0 Å². The van der Waals surface area contributed by atoms with Crippen LogP contribution in [0.15, 0.2) is 35.7 Å². The second kappa shape index (κ2) is 6.23. The standard InChI is InChI=1S/C17H19NOS/c19-17(18-11-13-7-3-1-4-8-13)15-12-20-16-10-6-2-5-9-14(15)16/h1,3-4,7-8,12H,2,5-6,9-11H2,(H,18,19). The molecule has 0 unspecified atom stereocenters. The lowest BCUT2D eigenvalue weighted by atomic mass is 10.1. The van der Waals surface area contributed by atoms with Crippen LogP contribution in [0.1, 0.15) is 45.6 Å². The van der Waals surface area contributed by atoms with Gasteiger partial charge in [0.2, 0.25) is 0 Å². The number of aryl methyl sites for hydroxylation is 1. The van der Waals surface area contributed by atoms with Crippen LogP contribution in [0, 0.1) is 0 Å². The fraction of sp³-hybridized carbons (Fsp3) is 0.353. The fourth-order valence-corrected chi connectivity index (χ4v) is 3.86. The maximum absolute atomic E-state index is 12.4. The third-order valence-corrected chi connectivity index (χ3v) is 4.94. The summed E-state index contributed by atoms with van der Waals surface area (Å²) in [6, 6.07) is 10.1. The van der Waals surface area contributed by atoms with Gasteiger partial charge >= 0.3 is 0 Å². The average Bonchev–Trinajstić information content (AvgIpc) is 2.75. The van der Waals surface area contributed by atoms with Gasteiger partial charge in [0.15, 0.2) is 0 Å². The van der Waals surface area contributed by atoms with Gasteiger partial charge < -0.3 is 5.32 Å². The first-order valence-corrected chi connectivity index (χ1v) is 8.14. The lowest BCUT2D eigenvalue weighted by Gasteiger charge is -2.07. The minimum Gasteiger partial charge on any atom is -0.348 e. The van der Waals surface area contributed by atoms with Gasteiger partial charge in [-0.25, -0.2) is 0 Å². The fourth-order valence-electron chi connectivity index (χ4n) is 2.73. The smallest absolute Gasteiger partial charge is 0.252 e. The Balaban J connectivity index is 1.70. The molecule has 0 spiro atoms. The summed E-state index contributed by atoms with van der Waals surface area (Å²) in [6.07, 6.45) is 5.96. The van der Waals surface area contributed by atoms with Crippen LogP contribution in [-0.4, -0.2) is 5.91 Å². The van der Waals surface area contributed by atoms with Gasteiger partial charge in [-0.1, -0.05) is 36.8 Å². The first kappa shape index (κ1) is 13.4. The van der Waals surface area contributed by atoms with Crippen molar-refractivity contribution in [2.24, 2.45) is 0 Å². The van der Waals surface area contributed by atoms with Crippen LogP contribution in [0.2, 0.25) is 0 Å². The van der Waals surface area contributed by atoms with Gasteiger partial charge in [-0.05, 0) is 36.8 Å². The quantitative estimate of drug-likeness (QED) is 0.850. The highest BCUT2D eigenvalue weighted by molar-refractivity contribution is 7.10. The Bertz CT molecular complexity index is 588. The topological polar surface area (TPSA) is 29.1 Å². The highest BCUT2D eigenvalue weighted by Gasteiger charge is 2.18. The molecule has 0 saturated carbocycles. The van der Waals surface area contributed by atoms with Gasteiger partial charge in [-0.2, -0.15) is 0 Å². The van der Waals surface area contributed by atoms with Crippen LogP contribution in [0.3, 0.4) is 0 Å². The van der Waals surface area contributed by atoms with E-state index >= 15 is 0 Å². The van der Waals surface area contributed by atoms with Gasteiger partial charge in [0.1, 0.15) is 0 Å². The molecule has 0 radical (unpaired) electrons. The Morgan fingerprint density at radius 2 is 1.90 bits per heavy atom. The number of carbonyl (C=O) groups excluding carboxylic acids is 1. The number of fused-ring (bicyclic) bond motifs is 1. The monoisotopic (exact) mass is 285 g/mol. The predicted molar refractivity (Wildman–Crippen MR) is 83.2 cm³/mol. The average molecular weight is 285 g/mol. The highest BCUT2D eigenvalue weighted by Crippen LogP contribution is 2.29. The second-order valence-corrected chi connectivity index (χ2v) is 6.24. The Kier molecular flexibility index (Phi) is 4.16. The molecular weight excluding hydrogens is 266 g/mol. The van der Waals surface area contributed by atoms with Crippen LogP contribution in [0.4, 0.5) is 0 Å². The van der Waals surface area contributed by atoms with Gasteiger partial charge in [0.25, 0.3) is 5.91 Å². The molecule has 20 heavy (non-hydrogen) atoms. The lowest BCUT2D eigenvalue weighted by molar-refractivity contribution is 0.0950. The first-order chi connectivity index (χ1) is 9.84. The number of carbonyl (C=O) groups is 1. The van der Waals surface area contributed by atoms with E-state index in [0.29, 0.717) is 6.54 Å². The van der Waals surface area contributed by atoms with Crippen LogP contribution in [0.25, 0.3) is 0 Å². The molecule has 1 aromatic heterocycles. The van der Waals surface area contributed by atoms with Crippen molar-refractivity contribution < 1.29 is 4.79 Å². The van der Waals surface area contributed by atoms with E-state index in [1.54, 1.807) is 11.3 Å². The summed E-state index contributed by atoms with van der Waals surface area (Å²) in [5.74, 6) is 0.0771. The summed E-state index contributed by atoms with van der Waals surface area (Å²) < 4.78 is 0. The van der Waals surface area contributed by atoms with Gasteiger partial charge in [-0.3, -0.25) is 4.79 Å². The summed E-state index contributed by atoms with van der Waals surface area (Å²) >= 11 is 1.75. The molecule has 2 nitrogen and oxygen atoms in total. The number of rotatable bonds is 3. The molecular formula is C17H19NOS. The van der Waals surface area contributed by atoms with E-state index in [1.807, 2.05) is 35.7 Å². The largest absolute Gasteiger partial charge is 0.348 e. The van der Waals surface area contributed by atoms with E-state index in [-0.39, 0.29) is 5.91 Å². The van der Waals surface area contributed by atoms with Crippen molar-refractivity contribution in [2.75, 3.05) is 0 Å². The predicted octanol–water partition coefficient (Wildman–Crippen LogP) is 3.95. The molecule has 1 aliphatic rings. The summed E-state index contributed by atoms with van der Waals surface area (Å²) in [5.41, 5.74) is 3.35. The van der Waals surface area contributed by atoms with Crippen molar-refractivity contribution in [3.63, 3.8) is 0 Å². The van der Waals surface area contributed by atoms with Crippen molar-refractivity contribution in [1.29, 1.82) is 0 Å². The molecule has 1 heterocycles. The maximum Gasteiger partial charge on any atom is 0.252 e. The molecule has 0 saturated heterocycles. The minimum atomic E-state index is 0.0771. The number of nitrogens with one attached hydrogen (secondary N) is 1. The SMILES string of the molecule is O=C(NCc1ccccc1)c1csc2c1CCCCC2. The van der Waals surface area contributed by atoms with Crippen LogP contribution in [-0.2, 0) is 19.4 Å². The molecule has 3 rings (SSSR count). The Morgan fingerprint density at radius 1 is 1.10 bits per heavy atom. The third-order valence-electron chi connectivity index (χ3n) is 3.85. The summed E-state index contributed by atoms with van der Waals surface area (Å²) in [5, 5.41) is 5.08. The number of hydrogen-bond donors (Lipinski definition) is 1. The number of thiophene rings is 1. The Morgan fingerprint density at radius 3 is 2.75 bits per heavy atom. The van der Waals surface area contributed by atoms with E-state index in [2.05, 4.69) is 5.32 Å². The minimum absolute atomic E-state index is 0.0771. The van der Waals surface area contributed by atoms with Crippen LogP contribution < -0.4 is 5.32 Å². The lowest BCUT2D eigenvalue weighted by Crippen LogP contribution is -2.23. The zero-order valence-corrected chi connectivity index (χ0v) is 12.3. The Hall–Kier alpha value is -1.61. The van der Waals surface area contributed by atoms with Gasteiger partial charge in [0.05, 0.1) is 5.56 Å². The zero-order valence-electron chi connectivity index (χ0n) is 11.5. The number of amides is 1. The summed E-state index contributed by atoms with van der Waals surface area (Å²) in [4.78, 5) is 13.8. The van der Waals surface area contributed by atoms with Crippen molar-refractivity contribution in [3.05, 3.63) is 57.3 Å². The van der Waals surface area contributed by atoms with Gasteiger partial charge in [-0.15, -0.1) is 11.3 Å². The Labute approximate surface area is 123 Å². The molecule has 0 aliphatic heterocycles. The molecule has 0 atom stereocenters.